The van der Waals surface area contributed by atoms with Crippen LogP contribution >= 0.6 is 0 Å². The number of carbonyl (C=O) groups is 1. The highest BCUT2D eigenvalue weighted by molar-refractivity contribution is 5.96. The van der Waals surface area contributed by atoms with Gasteiger partial charge in [-0.3, -0.25) is 4.79 Å². The summed E-state index contributed by atoms with van der Waals surface area (Å²) in [5.41, 5.74) is 1.79. The minimum absolute atomic E-state index is 0.0371. The lowest BCUT2D eigenvalue weighted by atomic mass is 9.90. The predicted octanol–water partition coefficient (Wildman–Crippen LogP) is 4.39. The maximum absolute atomic E-state index is 13.0. The molecule has 0 bridgehead atoms. The highest BCUT2D eigenvalue weighted by Gasteiger charge is 2.30. The molecule has 6 heteroatoms. The summed E-state index contributed by atoms with van der Waals surface area (Å²) in [6, 6.07) is 6.70. The highest BCUT2D eigenvalue weighted by atomic mass is 16.5. The molecule has 168 valence electrons. The van der Waals surface area contributed by atoms with Crippen molar-refractivity contribution in [3.8, 4) is 5.75 Å². The standard InChI is InChI=1S/C25H34N2O4/c1-16-11-23-19(13-24(31-23)25(28)27-14-17(2)29-18(3)15-27)12-22(16)30-21-7-9-26(10-8-21)20-5-4-6-20/h11-13,17-18,20-21H,4-10,14-15H2,1-3H3. The molecule has 2 atom stereocenters. The second-order valence-corrected chi connectivity index (χ2v) is 9.67. The fraction of sp³-hybridized carbons (Fsp3) is 0.640. The van der Waals surface area contributed by atoms with Gasteiger partial charge in [-0.05, 0) is 70.2 Å². The number of fused-ring (bicyclic) bond motifs is 1. The van der Waals surface area contributed by atoms with Crippen molar-refractivity contribution >= 4 is 16.9 Å². The van der Waals surface area contributed by atoms with Gasteiger partial charge < -0.3 is 23.7 Å². The number of hydrogen-bond acceptors (Lipinski definition) is 5. The third-order valence-electron chi connectivity index (χ3n) is 7.09. The van der Waals surface area contributed by atoms with E-state index in [1.165, 1.54) is 19.3 Å². The van der Waals surface area contributed by atoms with Crippen molar-refractivity contribution in [2.24, 2.45) is 0 Å². The maximum atomic E-state index is 13.0. The number of aryl methyl sites for hydroxylation is 1. The fourth-order valence-electron chi connectivity index (χ4n) is 5.19. The Morgan fingerprint density at radius 1 is 1.03 bits per heavy atom. The Kier molecular flexibility index (Phi) is 5.69. The molecule has 0 N–H and O–H groups in total. The molecule has 0 spiro atoms. The molecular formula is C25H34N2O4. The quantitative estimate of drug-likeness (QED) is 0.726. The number of hydrogen-bond donors (Lipinski definition) is 0. The van der Waals surface area contributed by atoms with Gasteiger partial charge in [0.15, 0.2) is 5.76 Å². The van der Waals surface area contributed by atoms with E-state index in [0.29, 0.717) is 18.8 Å². The smallest absolute Gasteiger partial charge is 0.289 e. The number of amides is 1. The number of rotatable bonds is 4. The Bertz CT molecular complexity index is 932. The summed E-state index contributed by atoms with van der Waals surface area (Å²) in [6.07, 6.45) is 6.62. The van der Waals surface area contributed by atoms with Gasteiger partial charge in [0.1, 0.15) is 17.4 Å². The minimum atomic E-state index is -0.0679. The Morgan fingerprint density at radius 3 is 2.39 bits per heavy atom. The van der Waals surface area contributed by atoms with Gasteiger partial charge in [-0.15, -0.1) is 0 Å². The first kappa shape index (κ1) is 20.8. The Morgan fingerprint density at radius 2 is 1.74 bits per heavy atom. The van der Waals surface area contributed by atoms with E-state index in [-0.39, 0.29) is 24.2 Å². The molecule has 1 amide bonds. The number of piperidine rings is 1. The molecular weight excluding hydrogens is 392 g/mol. The molecule has 2 unspecified atom stereocenters. The first-order valence-corrected chi connectivity index (χ1v) is 11.9. The van der Waals surface area contributed by atoms with Gasteiger partial charge in [-0.25, -0.2) is 0 Å². The molecule has 1 aromatic heterocycles. The van der Waals surface area contributed by atoms with E-state index in [1.54, 1.807) is 0 Å². The number of nitrogens with zero attached hydrogens (tertiary/aromatic N) is 2. The number of likely N-dealkylation sites (tertiary alicyclic amines) is 1. The monoisotopic (exact) mass is 426 g/mol. The van der Waals surface area contributed by atoms with Crippen LogP contribution in [0, 0.1) is 6.92 Å². The van der Waals surface area contributed by atoms with Crippen molar-refractivity contribution in [3.63, 3.8) is 0 Å². The molecule has 3 aliphatic rings. The summed E-state index contributed by atoms with van der Waals surface area (Å²) < 4.78 is 18.1. The van der Waals surface area contributed by atoms with E-state index >= 15 is 0 Å². The molecule has 2 aromatic rings. The Hall–Kier alpha value is -2.05. The van der Waals surface area contributed by atoms with Crippen LogP contribution < -0.4 is 4.74 Å². The van der Waals surface area contributed by atoms with Gasteiger partial charge in [0, 0.05) is 37.6 Å². The van der Waals surface area contributed by atoms with Gasteiger partial charge >= 0.3 is 0 Å². The van der Waals surface area contributed by atoms with Crippen LogP contribution in [-0.4, -0.2) is 66.2 Å². The maximum Gasteiger partial charge on any atom is 0.289 e. The Balaban J connectivity index is 1.27. The molecule has 31 heavy (non-hydrogen) atoms. The highest BCUT2D eigenvalue weighted by Crippen LogP contribution is 2.32. The molecule has 2 aliphatic heterocycles. The normalized spacial score (nSPS) is 26.2. The zero-order valence-corrected chi connectivity index (χ0v) is 18.9. The molecule has 0 radical (unpaired) electrons. The van der Waals surface area contributed by atoms with Gasteiger partial charge in [-0.1, -0.05) is 6.42 Å². The molecule has 5 rings (SSSR count). The largest absolute Gasteiger partial charge is 0.490 e. The van der Waals surface area contributed by atoms with Crippen molar-refractivity contribution in [2.45, 2.75) is 77.2 Å². The average molecular weight is 427 g/mol. The topological polar surface area (TPSA) is 55.2 Å². The molecule has 1 aliphatic carbocycles. The number of ether oxygens (including phenoxy) is 2. The summed E-state index contributed by atoms with van der Waals surface area (Å²) in [5, 5.41) is 0.921. The van der Waals surface area contributed by atoms with Crippen molar-refractivity contribution in [3.05, 3.63) is 29.5 Å². The van der Waals surface area contributed by atoms with Crippen molar-refractivity contribution < 1.29 is 18.7 Å². The van der Waals surface area contributed by atoms with E-state index in [9.17, 15) is 4.79 Å². The van der Waals surface area contributed by atoms with Crippen LogP contribution in [0.5, 0.6) is 5.75 Å². The van der Waals surface area contributed by atoms with E-state index in [2.05, 4.69) is 4.90 Å². The predicted molar refractivity (Wildman–Crippen MR) is 120 cm³/mol. The van der Waals surface area contributed by atoms with E-state index in [4.69, 9.17) is 13.9 Å². The number of carbonyl (C=O) groups excluding carboxylic acids is 1. The summed E-state index contributed by atoms with van der Waals surface area (Å²) in [6.45, 7) is 9.50. The van der Waals surface area contributed by atoms with Gasteiger partial charge in [-0.2, -0.15) is 0 Å². The lowest BCUT2D eigenvalue weighted by Crippen LogP contribution is -2.48. The fourth-order valence-corrected chi connectivity index (χ4v) is 5.19. The van der Waals surface area contributed by atoms with E-state index in [1.807, 2.05) is 43.9 Å². The third kappa shape index (κ3) is 4.33. The third-order valence-corrected chi connectivity index (χ3v) is 7.09. The molecule has 3 fully saturated rings. The number of morpholine rings is 1. The molecule has 1 aromatic carbocycles. The van der Waals surface area contributed by atoms with Crippen molar-refractivity contribution in [2.75, 3.05) is 26.2 Å². The summed E-state index contributed by atoms with van der Waals surface area (Å²) in [4.78, 5) is 17.5. The van der Waals surface area contributed by atoms with Gasteiger partial charge in [0.2, 0.25) is 0 Å². The van der Waals surface area contributed by atoms with Crippen molar-refractivity contribution in [1.82, 2.24) is 9.80 Å². The van der Waals surface area contributed by atoms with Crippen LogP contribution in [-0.2, 0) is 4.74 Å². The van der Waals surface area contributed by atoms with Gasteiger partial charge in [0.25, 0.3) is 5.91 Å². The lowest BCUT2D eigenvalue weighted by molar-refractivity contribution is -0.0591. The van der Waals surface area contributed by atoms with Crippen LogP contribution in [0.2, 0.25) is 0 Å². The first-order chi connectivity index (χ1) is 15.0. The second kappa shape index (κ2) is 8.47. The van der Waals surface area contributed by atoms with Crippen LogP contribution in [0.15, 0.2) is 22.6 Å². The molecule has 6 nitrogen and oxygen atoms in total. The van der Waals surface area contributed by atoms with E-state index < -0.39 is 0 Å². The summed E-state index contributed by atoms with van der Waals surface area (Å²) in [5.74, 6) is 1.23. The van der Waals surface area contributed by atoms with Crippen LogP contribution in [0.3, 0.4) is 0 Å². The van der Waals surface area contributed by atoms with Gasteiger partial charge in [0.05, 0.1) is 12.2 Å². The minimum Gasteiger partial charge on any atom is -0.490 e. The number of furan rings is 1. The SMILES string of the molecule is Cc1cc2oc(C(=O)N3CC(C)OC(C)C3)cc2cc1OC1CCN(C2CCC2)CC1. The summed E-state index contributed by atoms with van der Waals surface area (Å²) >= 11 is 0. The Labute approximate surface area is 184 Å². The average Bonchev–Trinajstić information content (AvgIpc) is 3.09. The van der Waals surface area contributed by atoms with Crippen molar-refractivity contribution in [1.29, 1.82) is 0 Å². The first-order valence-electron chi connectivity index (χ1n) is 11.9. The number of benzene rings is 1. The molecule has 3 heterocycles. The molecule has 2 saturated heterocycles. The second-order valence-electron chi connectivity index (χ2n) is 9.67. The van der Waals surface area contributed by atoms with E-state index in [0.717, 1.165) is 54.3 Å². The zero-order chi connectivity index (χ0) is 21.5. The van der Waals surface area contributed by atoms with Crippen LogP contribution in [0.25, 0.3) is 11.0 Å². The lowest BCUT2D eigenvalue weighted by Gasteiger charge is -2.41. The van der Waals surface area contributed by atoms with Crippen LogP contribution in [0.1, 0.15) is 62.1 Å². The zero-order valence-electron chi connectivity index (χ0n) is 18.9. The molecule has 1 saturated carbocycles. The summed E-state index contributed by atoms with van der Waals surface area (Å²) in [7, 11) is 0. The van der Waals surface area contributed by atoms with Crippen LogP contribution in [0.4, 0.5) is 0 Å².